The van der Waals surface area contributed by atoms with Crippen LogP contribution in [0, 0.1) is 15.9 Å². The number of benzene rings is 1. The van der Waals surface area contributed by atoms with Crippen LogP contribution < -0.4 is 11.1 Å². The molecule has 1 aromatic heterocycles. The molecule has 0 saturated carbocycles. The predicted octanol–water partition coefficient (Wildman–Crippen LogP) is 1.17. The highest BCUT2D eigenvalue weighted by Gasteiger charge is 2.17. The first-order chi connectivity index (χ1) is 9.95. The van der Waals surface area contributed by atoms with Crippen LogP contribution in [0.25, 0.3) is 0 Å². The number of H-pyrrole nitrogens is 1. The van der Waals surface area contributed by atoms with Crippen molar-refractivity contribution >= 4 is 35.0 Å². The Labute approximate surface area is 121 Å². The molecule has 0 fully saturated rings. The number of hydrogen-bond donors (Lipinski definition) is 3. The number of aromatic nitrogens is 3. The molecular formula is C10H9FN6O3S. The topological polar surface area (TPSA) is 140 Å². The van der Waals surface area contributed by atoms with Gasteiger partial charge in [0.2, 0.25) is 17.0 Å². The normalized spacial score (nSPS) is 10.3. The molecule has 0 atom stereocenters. The first-order valence-corrected chi connectivity index (χ1v) is 6.48. The lowest BCUT2D eigenvalue weighted by molar-refractivity contribution is -0.384. The van der Waals surface area contributed by atoms with Gasteiger partial charge in [0.15, 0.2) is 0 Å². The third kappa shape index (κ3) is 3.89. The van der Waals surface area contributed by atoms with E-state index >= 15 is 0 Å². The largest absolute Gasteiger partial charge is 0.368 e. The average Bonchev–Trinajstić information content (AvgIpc) is 2.82. The molecule has 0 saturated heterocycles. The van der Waals surface area contributed by atoms with E-state index < -0.39 is 22.3 Å². The minimum atomic E-state index is -0.710. The van der Waals surface area contributed by atoms with Crippen LogP contribution in [-0.4, -0.2) is 31.8 Å². The first-order valence-electron chi connectivity index (χ1n) is 5.50. The van der Waals surface area contributed by atoms with Gasteiger partial charge in [0, 0.05) is 12.1 Å². The quantitative estimate of drug-likeness (QED) is 0.427. The number of anilines is 2. The van der Waals surface area contributed by atoms with Gasteiger partial charge < -0.3 is 11.1 Å². The summed E-state index contributed by atoms with van der Waals surface area (Å²) in [5.74, 6) is -1.24. The minimum absolute atomic E-state index is 0.106. The molecule has 110 valence electrons. The molecule has 1 aromatic carbocycles. The van der Waals surface area contributed by atoms with E-state index in [2.05, 4.69) is 20.5 Å². The Hall–Kier alpha value is -2.69. The van der Waals surface area contributed by atoms with Gasteiger partial charge in [0.25, 0.3) is 5.69 Å². The van der Waals surface area contributed by atoms with Gasteiger partial charge in [0.05, 0.1) is 10.7 Å². The number of hydrogen-bond acceptors (Lipinski definition) is 7. The van der Waals surface area contributed by atoms with E-state index in [9.17, 15) is 19.3 Å². The van der Waals surface area contributed by atoms with Crippen LogP contribution in [0.3, 0.4) is 0 Å². The summed E-state index contributed by atoms with van der Waals surface area (Å²) < 4.78 is 13.1. The van der Waals surface area contributed by atoms with Gasteiger partial charge >= 0.3 is 0 Å². The second-order valence-corrected chi connectivity index (χ2v) is 4.70. The van der Waals surface area contributed by atoms with Crippen molar-refractivity contribution < 1.29 is 14.1 Å². The second-order valence-electron chi connectivity index (χ2n) is 3.76. The van der Waals surface area contributed by atoms with Gasteiger partial charge in [-0.3, -0.25) is 14.9 Å². The van der Waals surface area contributed by atoms with Crippen LogP contribution in [0.2, 0.25) is 0 Å². The minimum Gasteiger partial charge on any atom is -0.368 e. The lowest BCUT2D eigenvalue weighted by Crippen LogP contribution is -2.15. The molecular weight excluding hydrogens is 303 g/mol. The van der Waals surface area contributed by atoms with Crippen molar-refractivity contribution in [3.05, 3.63) is 34.1 Å². The molecule has 4 N–H and O–H groups in total. The summed E-state index contributed by atoms with van der Waals surface area (Å²) >= 11 is 0.978. The van der Waals surface area contributed by atoms with Gasteiger partial charge in [-0.2, -0.15) is 4.98 Å². The highest BCUT2D eigenvalue weighted by atomic mass is 32.2. The molecule has 0 radical (unpaired) electrons. The SMILES string of the molecule is Nc1nc(SCC(=O)Nc2cc(F)ccc2[N+](=O)[O-])n[nH]1. The number of amides is 1. The molecule has 11 heteroatoms. The number of nitrogens with one attached hydrogen (secondary N) is 2. The standard InChI is InChI=1S/C10H9FN6O3S/c11-5-1-2-7(17(19)20)6(3-5)13-8(18)4-21-10-14-9(12)15-16-10/h1-3H,4H2,(H,13,18)(H3,12,14,15,16). The molecule has 9 nitrogen and oxygen atoms in total. The van der Waals surface area contributed by atoms with Crippen LogP contribution in [0.5, 0.6) is 0 Å². The fourth-order valence-electron chi connectivity index (χ4n) is 1.41. The fourth-order valence-corrected chi connectivity index (χ4v) is 2.01. The predicted molar refractivity (Wildman–Crippen MR) is 73.2 cm³/mol. The number of aromatic amines is 1. The van der Waals surface area contributed by atoms with Crippen molar-refractivity contribution in [2.45, 2.75) is 5.16 Å². The molecule has 0 spiro atoms. The molecule has 1 amide bonds. The third-order valence-corrected chi connectivity index (χ3v) is 3.09. The van der Waals surface area contributed by atoms with Crippen LogP contribution in [0.15, 0.2) is 23.4 Å². The number of halogens is 1. The average molecular weight is 312 g/mol. The Bertz CT molecular complexity index is 691. The maximum Gasteiger partial charge on any atom is 0.292 e. The highest BCUT2D eigenvalue weighted by Crippen LogP contribution is 2.25. The molecule has 1 heterocycles. The molecule has 0 bridgehead atoms. The molecule has 21 heavy (non-hydrogen) atoms. The Balaban J connectivity index is 2.02. The number of carbonyl (C=O) groups excluding carboxylic acids is 1. The van der Waals surface area contributed by atoms with Crippen LogP contribution >= 0.6 is 11.8 Å². The number of carbonyl (C=O) groups is 1. The monoisotopic (exact) mass is 312 g/mol. The molecule has 0 aliphatic heterocycles. The zero-order chi connectivity index (χ0) is 15.4. The van der Waals surface area contributed by atoms with E-state index in [1.54, 1.807) is 0 Å². The van der Waals surface area contributed by atoms with Crippen molar-refractivity contribution in [3.8, 4) is 0 Å². The van der Waals surface area contributed by atoms with E-state index in [0.29, 0.717) is 0 Å². The van der Waals surface area contributed by atoms with Crippen LogP contribution in [0.4, 0.5) is 21.7 Å². The van der Waals surface area contributed by atoms with Gasteiger partial charge in [-0.25, -0.2) is 9.49 Å². The summed E-state index contributed by atoms with van der Waals surface area (Å²) in [6.07, 6.45) is 0. The van der Waals surface area contributed by atoms with Crippen molar-refractivity contribution in [2.75, 3.05) is 16.8 Å². The Morgan fingerprint density at radius 3 is 2.95 bits per heavy atom. The van der Waals surface area contributed by atoms with Crippen LogP contribution in [0.1, 0.15) is 0 Å². The molecule has 0 unspecified atom stereocenters. The summed E-state index contributed by atoms with van der Waals surface area (Å²) in [6.45, 7) is 0. The Morgan fingerprint density at radius 2 is 2.33 bits per heavy atom. The Kier molecular flexibility index (Phi) is 4.33. The van der Waals surface area contributed by atoms with E-state index in [1.165, 1.54) is 0 Å². The lowest BCUT2D eigenvalue weighted by atomic mass is 10.2. The second kappa shape index (κ2) is 6.17. The number of nitrogens with zero attached hydrogens (tertiary/aromatic N) is 3. The lowest BCUT2D eigenvalue weighted by Gasteiger charge is -2.05. The van der Waals surface area contributed by atoms with Gasteiger partial charge in [0.1, 0.15) is 11.5 Å². The summed E-state index contributed by atoms with van der Waals surface area (Å²) in [4.78, 5) is 25.6. The summed E-state index contributed by atoms with van der Waals surface area (Å²) in [5, 5.41) is 19.4. The zero-order valence-electron chi connectivity index (χ0n) is 10.4. The van der Waals surface area contributed by atoms with Crippen molar-refractivity contribution in [1.29, 1.82) is 0 Å². The maximum absolute atomic E-state index is 13.1. The number of nitrogen functional groups attached to an aromatic ring is 1. The van der Waals surface area contributed by atoms with Gasteiger partial charge in [-0.05, 0) is 6.07 Å². The van der Waals surface area contributed by atoms with Gasteiger partial charge in [-0.1, -0.05) is 11.8 Å². The first kappa shape index (κ1) is 14.7. The van der Waals surface area contributed by atoms with Crippen LogP contribution in [-0.2, 0) is 4.79 Å². The summed E-state index contributed by atoms with van der Waals surface area (Å²) in [7, 11) is 0. The van der Waals surface area contributed by atoms with E-state index in [0.717, 1.165) is 30.0 Å². The molecule has 0 aliphatic rings. The molecule has 2 aromatic rings. The van der Waals surface area contributed by atoms with E-state index in [4.69, 9.17) is 5.73 Å². The number of thioether (sulfide) groups is 1. The number of rotatable bonds is 5. The summed E-state index contributed by atoms with van der Waals surface area (Å²) in [6, 6.07) is 2.80. The van der Waals surface area contributed by atoms with Crippen molar-refractivity contribution in [1.82, 2.24) is 15.2 Å². The van der Waals surface area contributed by atoms with Crippen molar-refractivity contribution in [2.24, 2.45) is 0 Å². The maximum atomic E-state index is 13.1. The van der Waals surface area contributed by atoms with E-state index in [-0.39, 0.29) is 22.5 Å². The number of nitro benzene ring substituents is 1. The molecule has 0 aliphatic carbocycles. The fraction of sp³-hybridized carbons (Fsp3) is 0.100. The Morgan fingerprint density at radius 1 is 1.57 bits per heavy atom. The van der Waals surface area contributed by atoms with Gasteiger partial charge in [-0.15, -0.1) is 5.10 Å². The smallest absolute Gasteiger partial charge is 0.292 e. The van der Waals surface area contributed by atoms with E-state index in [1.807, 2.05) is 0 Å². The highest BCUT2D eigenvalue weighted by molar-refractivity contribution is 7.99. The third-order valence-electron chi connectivity index (χ3n) is 2.24. The number of nitro groups is 1. The van der Waals surface area contributed by atoms with Crippen molar-refractivity contribution in [3.63, 3.8) is 0 Å². The number of nitrogens with two attached hydrogens (primary N) is 1. The molecule has 2 rings (SSSR count). The summed E-state index contributed by atoms with van der Waals surface area (Å²) in [5.41, 5.74) is 4.72. The zero-order valence-corrected chi connectivity index (χ0v) is 11.2.